The molecule has 4 nitrogen and oxygen atoms in total. The monoisotopic (exact) mass is 303 g/mol. The molecule has 0 saturated carbocycles. The first-order chi connectivity index (χ1) is 10.2. The van der Waals surface area contributed by atoms with Crippen LogP contribution in [0.4, 0.5) is 0 Å². The molecule has 2 aliphatic heterocycles. The van der Waals surface area contributed by atoms with Crippen LogP contribution in [0.25, 0.3) is 0 Å². The largest absolute Gasteiger partial charge is 0.379 e. The van der Waals surface area contributed by atoms with Crippen LogP contribution in [0.3, 0.4) is 0 Å². The molecule has 2 aliphatic rings. The summed E-state index contributed by atoms with van der Waals surface area (Å²) in [6, 6.07) is 10.6. The number of hydrogen-bond acceptors (Lipinski definition) is 3. The molecule has 1 fully saturated rings. The average molecular weight is 303 g/mol. The van der Waals surface area contributed by atoms with Crippen molar-refractivity contribution in [2.24, 2.45) is 0 Å². The van der Waals surface area contributed by atoms with Gasteiger partial charge in [0.15, 0.2) is 5.11 Å². The van der Waals surface area contributed by atoms with Gasteiger partial charge in [-0.15, -0.1) is 0 Å². The minimum absolute atomic E-state index is 0.166. The molecular weight excluding hydrogens is 282 g/mol. The molecule has 1 atom stereocenters. The Morgan fingerprint density at radius 2 is 1.95 bits per heavy atom. The van der Waals surface area contributed by atoms with E-state index in [2.05, 4.69) is 52.4 Å². The highest BCUT2D eigenvalue weighted by atomic mass is 32.1. The van der Waals surface area contributed by atoms with Crippen molar-refractivity contribution in [2.45, 2.75) is 13.0 Å². The molecule has 0 aliphatic carbocycles. The second-order valence-corrected chi connectivity index (χ2v) is 5.83. The fraction of sp³-hybridized carbons (Fsp3) is 0.438. The first-order valence-electron chi connectivity index (χ1n) is 7.35. The maximum absolute atomic E-state index is 5.57. The molecule has 0 amide bonds. The van der Waals surface area contributed by atoms with Gasteiger partial charge in [-0.1, -0.05) is 30.3 Å². The molecule has 0 radical (unpaired) electrons. The maximum Gasteiger partial charge on any atom is 0.175 e. The summed E-state index contributed by atoms with van der Waals surface area (Å²) in [5, 5.41) is 4.23. The molecular formula is C16H21N3OS. The van der Waals surface area contributed by atoms with Crippen LogP contribution >= 0.6 is 12.2 Å². The number of hydrogen-bond donors (Lipinski definition) is 1. The van der Waals surface area contributed by atoms with Crippen LogP contribution in [0.2, 0.25) is 0 Å². The standard InChI is InChI=1S/C16H21N3OS/c1-13-11-15(14-5-3-2-4-6-14)17-16(21)19(13)12-18-7-9-20-10-8-18/h2-6,11,15H,7-10,12H2,1H3,(H,17,21). The number of thiocarbonyl (C=S) groups is 1. The summed E-state index contributed by atoms with van der Waals surface area (Å²) in [5.74, 6) is 0. The van der Waals surface area contributed by atoms with E-state index in [4.69, 9.17) is 17.0 Å². The molecule has 0 bridgehead atoms. The molecule has 0 aromatic heterocycles. The number of morpholine rings is 1. The summed E-state index contributed by atoms with van der Waals surface area (Å²) in [6.45, 7) is 6.51. The number of allylic oxidation sites excluding steroid dienone is 1. The quantitative estimate of drug-likeness (QED) is 0.864. The van der Waals surface area contributed by atoms with E-state index in [0.29, 0.717) is 0 Å². The van der Waals surface area contributed by atoms with Gasteiger partial charge in [-0.2, -0.15) is 0 Å². The minimum atomic E-state index is 0.166. The van der Waals surface area contributed by atoms with Crippen molar-refractivity contribution >= 4 is 17.3 Å². The summed E-state index contributed by atoms with van der Waals surface area (Å²) in [4.78, 5) is 4.54. The highest BCUT2D eigenvalue weighted by Crippen LogP contribution is 2.23. The maximum atomic E-state index is 5.57. The van der Waals surface area contributed by atoms with E-state index >= 15 is 0 Å². The Balaban J connectivity index is 1.71. The molecule has 112 valence electrons. The Hall–Kier alpha value is -1.43. The highest BCUT2D eigenvalue weighted by Gasteiger charge is 2.24. The van der Waals surface area contributed by atoms with Gasteiger partial charge in [0.05, 0.1) is 25.9 Å². The Kier molecular flexibility index (Phi) is 4.53. The summed E-state index contributed by atoms with van der Waals surface area (Å²) in [7, 11) is 0. The van der Waals surface area contributed by atoms with E-state index < -0.39 is 0 Å². The van der Waals surface area contributed by atoms with Crippen molar-refractivity contribution in [3.8, 4) is 0 Å². The van der Waals surface area contributed by atoms with Gasteiger partial charge in [0.1, 0.15) is 0 Å². The molecule has 1 aromatic rings. The molecule has 2 heterocycles. The Bertz CT molecular complexity index is 526. The van der Waals surface area contributed by atoms with Crippen LogP contribution in [0.5, 0.6) is 0 Å². The third kappa shape index (κ3) is 3.43. The summed E-state index contributed by atoms with van der Waals surface area (Å²) >= 11 is 5.57. The first-order valence-corrected chi connectivity index (χ1v) is 7.76. The van der Waals surface area contributed by atoms with E-state index in [0.717, 1.165) is 38.1 Å². The van der Waals surface area contributed by atoms with Crippen molar-refractivity contribution in [3.63, 3.8) is 0 Å². The van der Waals surface area contributed by atoms with Gasteiger partial charge < -0.3 is 15.0 Å². The summed E-state index contributed by atoms with van der Waals surface area (Å²) < 4.78 is 5.39. The van der Waals surface area contributed by atoms with Gasteiger partial charge >= 0.3 is 0 Å². The van der Waals surface area contributed by atoms with Crippen LogP contribution in [0, 0.1) is 0 Å². The number of benzene rings is 1. The fourth-order valence-corrected chi connectivity index (χ4v) is 3.03. The smallest absolute Gasteiger partial charge is 0.175 e. The zero-order chi connectivity index (χ0) is 14.7. The molecule has 5 heteroatoms. The number of rotatable bonds is 3. The van der Waals surface area contributed by atoms with Gasteiger partial charge in [-0.3, -0.25) is 4.90 Å². The van der Waals surface area contributed by atoms with Gasteiger partial charge in [0.2, 0.25) is 0 Å². The van der Waals surface area contributed by atoms with Gasteiger partial charge in [0.25, 0.3) is 0 Å². The van der Waals surface area contributed by atoms with Crippen molar-refractivity contribution in [1.82, 2.24) is 15.1 Å². The van der Waals surface area contributed by atoms with Crippen LogP contribution in [0.1, 0.15) is 18.5 Å². The number of ether oxygens (including phenoxy) is 1. The van der Waals surface area contributed by atoms with Crippen molar-refractivity contribution in [3.05, 3.63) is 47.7 Å². The molecule has 1 unspecified atom stereocenters. The highest BCUT2D eigenvalue weighted by molar-refractivity contribution is 7.80. The lowest BCUT2D eigenvalue weighted by molar-refractivity contribution is 0.0245. The normalized spacial score (nSPS) is 23.7. The number of nitrogens with zero attached hydrogens (tertiary/aromatic N) is 2. The molecule has 1 saturated heterocycles. The second kappa shape index (κ2) is 6.56. The third-order valence-electron chi connectivity index (χ3n) is 3.96. The van der Waals surface area contributed by atoms with Crippen molar-refractivity contribution in [1.29, 1.82) is 0 Å². The first kappa shape index (κ1) is 14.5. The third-order valence-corrected chi connectivity index (χ3v) is 4.30. The number of nitrogens with one attached hydrogen (secondary N) is 1. The molecule has 1 N–H and O–H groups in total. The Morgan fingerprint density at radius 3 is 2.62 bits per heavy atom. The summed E-state index contributed by atoms with van der Waals surface area (Å²) in [5.41, 5.74) is 2.45. The van der Waals surface area contributed by atoms with Gasteiger partial charge in [-0.05, 0) is 30.8 Å². The van der Waals surface area contributed by atoms with Crippen LogP contribution < -0.4 is 5.32 Å². The predicted molar refractivity (Wildman–Crippen MR) is 87.8 cm³/mol. The predicted octanol–water partition coefficient (Wildman–Crippen LogP) is 2.11. The van der Waals surface area contributed by atoms with E-state index in [1.165, 1.54) is 11.3 Å². The van der Waals surface area contributed by atoms with E-state index in [1.807, 2.05) is 6.07 Å². The fourth-order valence-electron chi connectivity index (χ4n) is 2.70. The topological polar surface area (TPSA) is 27.7 Å². The van der Waals surface area contributed by atoms with E-state index in [-0.39, 0.29) is 6.04 Å². The van der Waals surface area contributed by atoms with Crippen molar-refractivity contribution < 1.29 is 4.74 Å². The van der Waals surface area contributed by atoms with Crippen LogP contribution in [-0.2, 0) is 4.74 Å². The molecule has 3 rings (SSSR count). The second-order valence-electron chi connectivity index (χ2n) is 5.45. The van der Waals surface area contributed by atoms with Gasteiger partial charge in [-0.25, -0.2) is 0 Å². The summed E-state index contributed by atoms with van der Waals surface area (Å²) in [6.07, 6.45) is 2.24. The Labute approximate surface area is 131 Å². The lowest BCUT2D eigenvalue weighted by Gasteiger charge is -2.38. The molecule has 21 heavy (non-hydrogen) atoms. The van der Waals surface area contributed by atoms with E-state index in [9.17, 15) is 0 Å². The zero-order valence-electron chi connectivity index (χ0n) is 12.3. The molecule has 0 spiro atoms. The average Bonchev–Trinajstić information content (AvgIpc) is 2.52. The van der Waals surface area contributed by atoms with E-state index in [1.54, 1.807) is 0 Å². The van der Waals surface area contributed by atoms with Crippen molar-refractivity contribution in [2.75, 3.05) is 33.0 Å². The lowest BCUT2D eigenvalue weighted by atomic mass is 10.0. The van der Waals surface area contributed by atoms with Crippen LogP contribution in [0.15, 0.2) is 42.1 Å². The van der Waals surface area contributed by atoms with Gasteiger partial charge in [0, 0.05) is 18.8 Å². The van der Waals surface area contributed by atoms with Crippen LogP contribution in [-0.4, -0.2) is 47.9 Å². The Morgan fingerprint density at radius 1 is 1.24 bits per heavy atom. The zero-order valence-corrected chi connectivity index (χ0v) is 13.1. The lowest BCUT2D eigenvalue weighted by Crippen LogP contribution is -2.50. The minimum Gasteiger partial charge on any atom is -0.379 e. The SMILES string of the molecule is CC1=CC(c2ccccc2)NC(=S)N1CN1CCOCC1. The molecule has 1 aromatic carbocycles.